The van der Waals surface area contributed by atoms with Gasteiger partial charge >= 0.3 is 0 Å². The molecule has 136 heavy (non-hydrogen) atoms. The van der Waals surface area contributed by atoms with E-state index in [9.17, 15) is 0 Å². The molecule has 22 aromatic carbocycles. The lowest BCUT2D eigenvalue weighted by Crippen LogP contribution is -2.72. The summed E-state index contributed by atoms with van der Waals surface area (Å²) < 4.78 is 4.89. The van der Waals surface area contributed by atoms with Crippen LogP contribution in [0.3, 0.4) is 0 Å². The van der Waals surface area contributed by atoms with Gasteiger partial charge in [-0.25, -0.2) is 0 Å². The van der Waals surface area contributed by atoms with Gasteiger partial charge in [0.15, 0.2) is 16.1 Å². The molecule has 0 spiro atoms. The van der Waals surface area contributed by atoms with Gasteiger partial charge in [-0.05, 0) is 234 Å². The van der Waals surface area contributed by atoms with Crippen molar-refractivity contribution in [2.45, 2.75) is 0 Å². The Kier molecular flexibility index (Phi) is 20.4. The Hall–Kier alpha value is -17.1. The molecule has 2 aliphatic rings. The average Bonchev–Trinajstić information content (AvgIpc) is 1.53. The van der Waals surface area contributed by atoms with Crippen LogP contribution in [-0.4, -0.2) is 25.3 Å². The van der Waals surface area contributed by atoms with Crippen LogP contribution >= 0.6 is 0 Å². The highest BCUT2D eigenvalue weighted by Crippen LogP contribution is 2.44. The van der Waals surface area contributed by atoms with Crippen molar-refractivity contribution in [3.63, 3.8) is 0 Å². The van der Waals surface area contributed by atoms with Crippen LogP contribution in [-0.2, 0) is 0 Å². The smallest absolute Gasteiger partial charge is 0.180 e. The molecule has 4 heterocycles. The number of hydrogen-bond donors (Lipinski definition) is 0. The third kappa shape index (κ3) is 14.0. The van der Waals surface area contributed by atoms with E-state index in [2.05, 4.69) is 555 Å². The Bertz CT molecular complexity index is 8530. The summed E-state index contributed by atoms with van der Waals surface area (Å²) in [6, 6.07) is 198. The molecule has 2 aliphatic heterocycles. The maximum absolute atomic E-state index is 2.85. The van der Waals surface area contributed by atoms with Crippen LogP contribution in [0.5, 0.6) is 0 Å². The highest BCUT2D eigenvalue weighted by molar-refractivity contribution is 7.23. The monoisotopic (exact) mass is 1760 g/mol. The number of hydrogen-bond acceptors (Lipinski definition) is 0. The van der Waals surface area contributed by atoms with Gasteiger partial charge in [-0.15, -0.1) is 0 Å². The summed E-state index contributed by atoms with van der Waals surface area (Å²) in [5.74, 6) is 0. The van der Waals surface area contributed by atoms with E-state index in [4.69, 9.17) is 0 Å². The fourth-order valence-electron chi connectivity index (χ4n) is 22.2. The molecule has 0 aliphatic carbocycles. The second-order valence-electron chi connectivity index (χ2n) is 36.1. The topological polar surface area (TPSA) is 9.86 Å². The van der Waals surface area contributed by atoms with Crippen LogP contribution in [0.15, 0.2) is 546 Å². The molecule has 636 valence electrons. The van der Waals surface area contributed by atoms with Crippen molar-refractivity contribution in [3.8, 4) is 145 Å². The van der Waals surface area contributed by atoms with Crippen LogP contribution in [0.25, 0.3) is 188 Å². The average molecular weight is 1760 g/mol. The zero-order valence-corrected chi connectivity index (χ0v) is 76.9. The Morgan fingerprint density at radius 2 is 0.360 bits per heavy atom. The molecule has 0 unspecified atom stereocenters. The van der Waals surface area contributed by atoms with Crippen molar-refractivity contribution in [3.05, 3.63) is 546 Å². The SMILES string of the molecule is c1ccc(-c2ccc(-c3ccc4c(c3)c(-c3ccc(-c5ccccc5)cc3)cn4-c3ccc4c(c3)[Si](c3ccccc3)(c3ccccc3)c3cc(-c5ccccc5)ccc3-4)cc2)cc1.c1ccc(-c2ccc3c(c2)[Si](c2ccccc2)(c2ccccc2)c2cc(-n4cc(-c5ccc(-c6cccc7ccccc67)cc5)c5cc(-c6ccc(-c7cccc8ccccc78)cc6)ccc54)ccc2-3)cc1. The van der Waals surface area contributed by atoms with E-state index in [1.165, 1.54) is 218 Å². The summed E-state index contributed by atoms with van der Waals surface area (Å²) >= 11 is 0. The first-order valence-electron chi connectivity index (χ1n) is 47.1. The number of fused-ring (bicyclic) bond motifs is 10. The lowest BCUT2D eigenvalue weighted by molar-refractivity contribution is 1.13. The van der Waals surface area contributed by atoms with E-state index in [1.807, 2.05) is 0 Å². The highest BCUT2D eigenvalue weighted by atomic mass is 28.3. The van der Waals surface area contributed by atoms with Gasteiger partial charge in [-0.2, -0.15) is 0 Å². The quantitative estimate of drug-likeness (QED) is 0.0854. The lowest BCUT2D eigenvalue weighted by Gasteiger charge is -2.32. The summed E-state index contributed by atoms with van der Waals surface area (Å²) in [7, 11) is -5.66. The molecule has 0 amide bonds. The Morgan fingerprint density at radius 3 is 0.691 bits per heavy atom. The minimum atomic E-state index is -2.85. The van der Waals surface area contributed by atoms with Gasteiger partial charge in [0.05, 0.1) is 11.0 Å². The van der Waals surface area contributed by atoms with Crippen LogP contribution in [0.2, 0.25) is 0 Å². The standard InChI is InChI=1S/C70H47NSi.C62H43NSi/c1-4-16-48(17-5-1)56-38-41-64-65-42-40-57(46-70(65)72(69(64)45-56,58-22-6-2-7-23-58)59-24-8-3-9-25-59)71-47-67(54-36-34-53(35-37-54)63-29-15-21-51-19-11-13-27-61(51)63)66-44-55(39-43-68(66)71)49-30-32-52(33-31-49)62-28-14-20-50-18-10-12-26-60(50)62;1-6-16-44(17-7-1)47-26-28-49(29-27-47)51-35-39-60-58(40-51)59(50-32-30-48(31-33-50)45-18-8-2-9-19-45)43-63(60)53-36-38-57-56-37-34-52(46-20-10-3-11-21-46)41-61(56)64(62(57)42-53,54-22-12-4-13-23-54)55-24-14-5-15-25-55/h1-47H;1-43H. The minimum absolute atomic E-state index is 1.16. The number of benzene rings is 22. The van der Waals surface area contributed by atoms with Crippen LogP contribution in [0, 0.1) is 0 Å². The van der Waals surface area contributed by atoms with Crippen LogP contribution < -0.4 is 41.5 Å². The Balaban J connectivity index is 0.000000146. The van der Waals surface area contributed by atoms with E-state index in [1.54, 1.807) is 0 Å². The zero-order chi connectivity index (χ0) is 90.0. The molecule has 0 N–H and O–H groups in total. The van der Waals surface area contributed by atoms with Crippen LogP contribution in [0.4, 0.5) is 0 Å². The summed E-state index contributed by atoms with van der Waals surface area (Å²) in [6.45, 7) is 0. The second-order valence-corrected chi connectivity index (χ2v) is 43.5. The molecule has 26 rings (SSSR count). The number of nitrogens with zero attached hydrogens (tertiary/aromatic N) is 2. The molecule has 0 fully saturated rings. The highest BCUT2D eigenvalue weighted by Gasteiger charge is 2.51. The molecule has 0 saturated carbocycles. The summed E-state index contributed by atoms with van der Waals surface area (Å²) in [4.78, 5) is 0. The van der Waals surface area contributed by atoms with Gasteiger partial charge in [-0.3, -0.25) is 0 Å². The summed E-state index contributed by atoms with van der Waals surface area (Å²) in [5.41, 5.74) is 34.3. The van der Waals surface area contributed by atoms with Gasteiger partial charge in [0.25, 0.3) is 0 Å². The van der Waals surface area contributed by atoms with Crippen molar-refractivity contribution in [2.75, 3.05) is 0 Å². The summed E-state index contributed by atoms with van der Waals surface area (Å²) in [6.07, 6.45) is 4.76. The molecule has 0 saturated heterocycles. The van der Waals surface area contributed by atoms with E-state index in [-0.39, 0.29) is 0 Å². The van der Waals surface area contributed by atoms with Crippen molar-refractivity contribution < 1.29 is 0 Å². The normalized spacial score (nSPS) is 12.5. The van der Waals surface area contributed by atoms with Crippen molar-refractivity contribution in [1.29, 1.82) is 0 Å². The predicted molar refractivity (Wildman–Crippen MR) is 581 cm³/mol. The van der Waals surface area contributed by atoms with Gasteiger partial charge < -0.3 is 9.13 Å². The maximum Gasteiger partial charge on any atom is 0.180 e. The van der Waals surface area contributed by atoms with E-state index in [0.29, 0.717) is 0 Å². The van der Waals surface area contributed by atoms with Crippen molar-refractivity contribution in [2.24, 2.45) is 0 Å². The molecular weight excluding hydrogens is 1670 g/mol. The fraction of sp³-hybridized carbons (Fsp3) is 0. The number of rotatable bonds is 16. The first-order valence-corrected chi connectivity index (χ1v) is 51.1. The molecule has 4 heteroatoms. The van der Waals surface area contributed by atoms with Gasteiger partial charge in [-0.1, -0.05) is 485 Å². The number of aromatic nitrogens is 2. The molecule has 2 nitrogen and oxygen atoms in total. The first-order chi connectivity index (χ1) is 67.4. The maximum atomic E-state index is 2.54. The van der Waals surface area contributed by atoms with Gasteiger partial charge in [0.2, 0.25) is 0 Å². The molecule has 24 aromatic rings. The molecule has 2 aromatic heterocycles. The van der Waals surface area contributed by atoms with E-state index >= 15 is 0 Å². The largest absolute Gasteiger partial charge is 0.316 e. The molecule has 0 atom stereocenters. The minimum Gasteiger partial charge on any atom is -0.316 e. The molecule has 0 bridgehead atoms. The lowest BCUT2D eigenvalue weighted by atomic mass is 9.94. The zero-order valence-electron chi connectivity index (χ0n) is 74.9. The molecule has 0 radical (unpaired) electrons. The van der Waals surface area contributed by atoms with Crippen LogP contribution in [0.1, 0.15) is 0 Å². The first kappa shape index (κ1) is 80.9. The Labute approximate surface area is 795 Å². The van der Waals surface area contributed by atoms with E-state index < -0.39 is 16.1 Å². The second kappa shape index (κ2) is 34.2. The fourth-order valence-corrected chi connectivity index (χ4v) is 32.6. The van der Waals surface area contributed by atoms with Gasteiger partial charge in [0.1, 0.15) is 0 Å². The third-order valence-corrected chi connectivity index (χ3v) is 38.4. The molecular formula is C132H90N2Si2. The predicted octanol–water partition coefficient (Wildman–Crippen LogP) is 29.0. The summed E-state index contributed by atoms with van der Waals surface area (Å²) in [5, 5.41) is 18.8. The van der Waals surface area contributed by atoms with Crippen molar-refractivity contribution in [1.82, 2.24) is 9.13 Å². The van der Waals surface area contributed by atoms with Gasteiger partial charge in [0, 0.05) is 45.7 Å². The van der Waals surface area contributed by atoms with E-state index in [0.717, 1.165) is 11.4 Å². The van der Waals surface area contributed by atoms with Crippen molar-refractivity contribution >= 4 is 101 Å². The Morgan fingerprint density at radius 1 is 0.132 bits per heavy atom. The third-order valence-electron chi connectivity index (χ3n) is 28.7.